The number of nitrogens with two attached hydrogens (primary N) is 1. The van der Waals surface area contributed by atoms with Gasteiger partial charge in [0.25, 0.3) is 5.91 Å². The van der Waals surface area contributed by atoms with Gasteiger partial charge in [0, 0.05) is 17.5 Å². The monoisotopic (exact) mass is 491 g/mol. The summed E-state index contributed by atoms with van der Waals surface area (Å²) in [7, 11) is 0. The highest BCUT2D eigenvalue weighted by molar-refractivity contribution is 5.86. The molecule has 2 heterocycles. The van der Waals surface area contributed by atoms with Crippen molar-refractivity contribution < 1.29 is 13.9 Å². The van der Waals surface area contributed by atoms with Crippen LogP contribution in [0, 0.1) is 6.92 Å². The van der Waals surface area contributed by atoms with E-state index in [1.165, 1.54) is 24.8 Å². The van der Waals surface area contributed by atoms with Gasteiger partial charge in [-0.15, -0.1) is 42.3 Å². The number of aryl methyl sites for hydroxylation is 2. The molecule has 1 spiro atoms. The van der Waals surface area contributed by atoms with Crippen LogP contribution in [-0.4, -0.2) is 17.6 Å². The number of hydrogen-bond acceptors (Lipinski definition) is 5. The van der Waals surface area contributed by atoms with Crippen molar-refractivity contribution in [1.82, 2.24) is 5.43 Å². The van der Waals surface area contributed by atoms with Crippen LogP contribution in [0.1, 0.15) is 63.0 Å². The smallest absolute Gasteiger partial charge is 0.257 e. The molecule has 1 aromatic heterocycles. The van der Waals surface area contributed by atoms with Gasteiger partial charge in [-0.2, -0.15) is 0 Å². The topological polar surface area (TPSA) is 89.9 Å². The Morgan fingerprint density at radius 1 is 1.16 bits per heavy atom. The summed E-state index contributed by atoms with van der Waals surface area (Å²) in [5.74, 6) is 0.612. The van der Waals surface area contributed by atoms with Crippen molar-refractivity contribution in [2.24, 2.45) is 10.8 Å². The zero-order chi connectivity index (χ0) is 19.7. The van der Waals surface area contributed by atoms with E-state index in [-0.39, 0.29) is 48.7 Å². The Morgan fingerprint density at radius 2 is 1.87 bits per heavy atom. The van der Waals surface area contributed by atoms with Crippen LogP contribution in [0.15, 0.2) is 27.7 Å². The average molecular weight is 493 g/mol. The maximum absolute atomic E-state index is 11.9. The molecule has 0 bridgehead atoms. The molecule has 1 atom stereocenters. The number of amides is 1. The van der Waals surface area contributed by atoms with E-state index >= 15 is 0 Å². The van der Waals surface area contributed by atoms with Crippen molar-refractivity contribution in [2.75, 3.05) is 0 Å². The second kappa shape index (κ2) is 11.4. The molecule has 174 valence electrons. The van der Waals surface area contributed by atoms with Gasteiger partial charge in [-0.1, -0.05) is 13.3 Å². The molecule has 1 aromatic carbocycles. The van der Waals surface area contributed by atoms with Crippen LogP contribution in [0.2, 0.25) is 0 Å². The molecular weight excluding hydrogens is 461 g/mol. The number of carbonyl (C=O) groups excluding carboxylic acids is 1. The van der Waals surface area contributed by atoms with E-state index in [1.54, 1.807) is 0 Å². The number of rotatable bonds is 3. The highest BCUT2D eigenvalue weighted by Crippen LogP contribution is 2.43. The standard InChI is InChI=1S/C22H29N3O3.3ClH/c1-3-17(23)21(26)25-24-20-11-14(2)16-12-15-7-10-22(8-5-4-6-9-22)28-18(15)13-19(16)27-20;;;/h11-13,17H,3-10,23H2,1-2H3,(H,25,26);3*1H. The SMILES string of the molecule is CCC(N)C(=O)NN=c1cc(C)c2cc3c(cc2o1)OC1(CCCCC1)CC3.Cl.Cl.Cl. The molecule has 6 nitrogen and oxygen atoms in total. The summed E-state index contributed by atoms with van der Waals surface area (Å²) in [6.45, 7) is 3.88. The third-order valence-corrected chi connectivity index (χ3v) is 6.14. The number of nitrogens with one attached hydrogen (secondary N) is 1. The summed E-state index contributed by atoms with van der Waals surface area (Å²) in [6.07, 6.45) is 8.77. The summed E-state index contributed by atoms with van der Waals surface area (Å²) in [6, 6.07) is 5.43. The van der Waals surface area contributed by atoms with Gasteiger partial charge in [-0.3, -0.25) is 4.79 Å². The van der Waals surface area contributed by atoms with Gasteiger partial charge in [-0.05, 0) is 69.1 Å². The predicted molar refractivity (Wildman–Crippen MR) is 129 cm³/mol. The van der Waals surface area contributed by atoms with Crippen LogP contribution in [0.5, 0.6) is 5.75 Å². The van der Waals surface area contributed by atoms with Gasteiger partial charge in [0.15, 0.2) is 0 Å². The number of benzene rings is 1. The second-order valence-corrected chi connectivity index (χ2v) is 8.17. The van der Waals surface area contributed by atoms with Crippen molar-refractivity contribution in [2.45, 2.75) is 76.9 Å². The Hall–Kier alpha value is -1.47. The molecule has 9 heteroatoms. The lowest BCUT2D eigenvalue weighted by atomic mass is 9.79. The number of fused-ring (bicyclic) bond motifs is 2. The van der Waals surface area contributed by atoms with E-state index in [2.05, 4.69) is 16.6 Å². The van der Waals surface area contributed by atoms with Crippen molar-refractivity contribution in [3.63, 3.8) is 0 Å². The van der Waals surface area contributed by atoms with Crippen LogP contribution < -0.4 is 21.5 Å². The van der Waals surface area contributed by atoms with Crippen LogP contribution in [-0.2, 0) is 11.2 Å². The van der Waals surface area contributed by atoms with E-state index in [0.29, 0.717) is 12.0 Å². The van der Waals surface area contributed by atoms with Crippen molar-refractivity contribution in [3.8, 4) is 5.75 Å². The molecule has 1 saturated carbocycles. The number of nitrogens with zero attached hydrogens (tertiary/aromatic N) is 1. The van der Waals surface area contributed by atoms with Crippen molar-refractivity contribution in [1.29, 1.82) is 0 Å². The zero-order valence-corrected chi connectivity index (χ0v) is 20.4. The van der Waals surface area contributed by atoms with Gasteiger partial charge in [-0.25, -0.2) is 5.43 Å². The molecule has 1 aliphatic heterocycles. The average Bonchev–Trinajstić information content (AvgIpc) is 2.70. The van der Waals surface area contributed by atoms with E-state index < -0.39 is 6.04 Å². The van der Waals surface area contributed by atoms with E-state index in [4.69, 9.17) is 14.9 Å². The molecular formula is C22H32Cl3N3O3. The summed E-state index contributed by atoms with van der Waals surface area (Å²) in [5, 5.41) is 5.15. The minimum atomic E-state index is -0.572. The molecule has 0 radical (unpaired) electrons. The maximum Gasteiger partial charge on any atom is 0.257 e. The summed E-state index contributed by atoms with van der Waals surface area (Å²) in [4.78, 5) is 11.9. The molecule has 3 N–H and O–H groups in total. The number of halogens is 3. The third-order valence-electron chi connectivity index (χ3n) is 6.14. The van der Waals surface area contributed by atoms with Crippen LogP contribution in [0.25, 0.3) is 11.0 Å². The lowest BCUT2D eigenvalue weighted by Crippen LogP contribution is -2.41. The Morgan fingerprint density at radius 3 is 2.55 bits per heavy atom. The number of carbonyl (C=O) groups is 1. The fourth-order valence-electron chi connectivity index (χ4n) is 4.32. The third kappa shape index (κ3) is 5.86. The second-order valence-electron chi connectivity index (χ2n) is 8.17. The first-order valence-electron chi connectivity index (χ1n) is 10.4. The minimum Gasteiger partial charge on any atom is -0.487 e. The first kappa shape index (κ1) is 27.6. The molecule has 1 aliphatic carbocycles. The molecule has 31 heavy (non-hydrogen) atoms. The van der Waals surface area contributed by atoms with Gasteiger partial charge in [0.2, 0.25) is 5.55 Å². The van der Waals surface area contributed by atoms with Gasteiger partial charge in [0.1, 0.15) is 16.9 Å². The first-order valence-corrected chi connectivity index (χ1v) is 10.4. The van der Waals surface area contributed by atoms with Crippen LogP contribution >= 0.6 is 37.2 Å². The van der Waals surface area contributed by atoms with Gasteiger partial charge in [0.05, 0.1) is 6.04 Å². The van der Waals surface area contributed by atoms with Crippen LogP contribution in [0.4, 0.5) is 0 Å². The molecule has 1 amide bonds. The van der Waals surface area contributed by atoms with Crippen LogP contribution in [0.3, 0.4) is 0 Å². The molecule has 4 rings (SSSR count). The van der Waals surface area contributed by atoms with E-state index in [9.17, 15) is 4.79 Å². The lowest BCUT2D eigenvalue weighted by molar-refractivity contribution is -0.122. The largest absolute Gasteiger partial charge is 0.487 e. The fourth-order valence-corrected chi connectivity index (χ4v) is 4.32. The number of ether oxygens (including phenoxy) is 1. The summed E-state index contributed by atoms with van der Waals surface area (Å²) in [5.41, 5.74) is 11.6. The maximum atomic E-state index is 11.9. The quantitative estimate of drug-likeness (QED) is 0.608. The first-order chi connectivity index (χ1) is 13.5. The molecule has 2 aliphatic rings. The van der Waals surface area contributed by atoms with E-state index in [1.807, 2.05) is 26.0 Å². The molecule has 0 saturated heterocycles. The Balaban J connectivity index is 0.00000160. The minimum absolute atomic E-state index is 0. The van der Waals surface area contributed by atoms with Gasteiger partial charge >= 0.3 is 0 Å². The highest BCUT2D eigenvalue weighted by atomic mass is 35.5. The highest BCUT2D eigenvalue weighted by Gasteiger charge is 2.37. The van der Waals surface area contributed by atoms with Crippen molar-refractivity contribution in [3.05, 3.63) is 34.9 Å². The summed E-state index contributed by atoms with van der Waals surface area (Å²) >= 11 is 0. The van der Waals surface area contributed by atoms with Gasteiger partial charge < -0.3 is 14.9 Å². The summed E-state index contributed by atoms with van der Waals surface area (Å²) < 4.78 is 12.5. The lowest BCUT2D eigenvalue weighted by Gasteiger charge is -2.41. The van der Waals surface area contributed by atoms with E-state index in [0.717, 1.165) is 48.0 Å². The van der Waals surface area contributed by atoms with Crippen molar-refractivity contribution >= 4 is 54.1 Å². The fraction of sp³-hybridized carbons (Fsp3) is 0.545. The Bertz CT molecular complexity index is 972. The Labute approximate surface area is 201 Å². The predicted octanol–water partition coefficient (Wildman–Crippen LogP) is 4.70. The molecule has 1 fully saturated rings. The Kier molecular flexibility index (Phi) is 10.1. The normalized spacial score (nSPS) is 18.0. The molecule has 1 unspecified atom stereocenters. The zero-order valence-electron chi connectivity index (χ0n) is 17.9. The number of hydrogen-bond donors (Lipinski definition) is 2. The molecule has 2 aromatic rings.